The minimum Gasteiger partial charge on any atom is -0.272 e. The lowest BCUT2D eigenvalue weighted by Gasteiger charge is -2.29. The molecule has 1 fully saturated rings. The predicted octanol–water partition coefficient (Wildman–Crippen LogP) is 5.86. The molecule has 0 spiro atoms. The number of hydrogen-bond donors (Lipinski definition) is 0. The molecular formula is C29H24F2N6OS. The lowest BCUT2D eigenvalue weighted by molar-refractivity contribution is -0.130. The summed E-state index contributed by atoms with van der Waals surface area (Å²) in [6, 6.07) is 21.7. The number of hydrogen-bond acceptors (Lipinski definition) is 6. The molecule has 2 heterocycles. The van der Waals surface area contributed by atoms with Crippen LogP contribution in [0, 0.1) is 17.6 Å². The Labute approximate surface area is 228 Å². The van der Waals surface area contributed by atoms with Gasteiger partial charge in [0, 0.05) is 5.92 Å². The molecule has 2 atom stereocenters. The quantitative estimate of drug-likeness (QED) is 0.286. The molecule has 196 valence electrons. The number of carbonyl (C=O) groups excluding carboxylic acids is 1. The van der Waals surface area contributed by atoms with Crippen LogP contribution >= 0.6 is 11.8 Å². The molecule has 6 rings (SSSR count). The molecule has 4 aromatic rings. The maximum atomic E-state index is 13.8. The Morgan fingerprint density at radius 3 is 2.44 bits per heavy atom. The number of benzene rings is 3. The summed E-state index contributed by atoms with van der Waals surface area (Å²) >= 11 is 1.24. The molecule has 1 saturated carbocycles. The Hall–Kier alpha value is -4.18. The first-order valence-corrected chi connectivity index (χ1v) is 13.6. The molecule has 3 aromatic carbocycles. The molecule has 1 aliphatic heterocycles. The van der Waals surface area contributed by atoms with Crippen LogP contribution in [0.4, 0.5) is 8.78 Å². The summed E-state index contributed by atoms with van der Waals surface area (Å²) in [4.78, 5) is 13.7. The summed E-state index contributed by atoms with van der Waals surface area (Å²) < 4.78 is 28.8. The van der Waals surface area contributed by atoms with E-state index in [2.05, 4.69) is 15.5 Å². The Bertz CT molecular complexity index is 1540. The molecular weight excluding hydrogens is 518 g/mol. The first-order chi connectivity index (χ1) is 19.1. The second-order valence-electron chi connectivity index (χ2n) is 9.44. The molecule has 1 aromatic heterocycles. The van der Waals surface area contributed by atoms with Crippen molar-refractivity contribution in [2.24, 2.45) is 11.0 Å². The van der Waals surface area contributed by atoms with Crippen LogP contribution in [0.15, 0.2) is 94.7 Å². The second-order valence-corrected chi connectivity index (χ2v) is 10.4. The number of nitrogens with zero attached hydrogens (tertiary/aromatic N) is 6. The second kappa shape index (κ2) is 10.9. The van der Waals surface area contributed by atoms with E-state index in [1.165, 1.54) is 36.0 Å². The minimum atomic E-state index is -0.351. The van der Waals surface area contributed by atoms with E-state index in [0.29, 0.717) is 5.16 Å². The van der Waals surface area contributed by atoms with E-state index in [9.17, 15) is 13.6 Å². The minimum absolute atomic E-state index is 0.0282. The van der Waals surface area contributed by atoms with Crippen LogP contribution < -0.4 is 0 Å². The Morgan fingerprint density at radius 1 is 0.974 bits per heavy atom. The zero-order valence-electron chi connectivity index (χ0n) is 20.8. The van der Waals surface area contributed by atoms with Gasteiger partial charge in [0.25, 0.3) is 5.91 Å². The number of halogens is 2. The number of hydrazone groups is 1. The standard InChI is InChI=1S/C29H24F2N6OS/c30-22-13-9-19(10-14-22)17-21-5-4-8-25-27(21)33-37(28(25)20-11-15-23(31)16-12-20)26(38)18-39-29-32-34-35-36(29)24-6-2-1-3-7-24/h1-3,6-7,9-17,25,28H,4-5,8,18H2/b21-17-/t25-,28+/m1/s1. The fourth-order valence-electron chi connectivity index (χ4n) is 5.15. The van der Waals surface area contributed by atoms with Crippen LogP contribution in [0.5, 0.6) is 0 Å². The fraction of sp³-hybridized carbons (Fsp3) is 0.207. The summed E-state index contributed by atoms with van der Waals surface area (Å²) in [5.41, 5.74) is 4.38. The van der Waals surface area contributed by atoms with Crippen molar-refractivity contribution >= 4 is 29.5 Å². The number of tetrazole rings is 1. The molecule has 0 saturated heterocycles. The maximum Gasteiger partial charge on any atom is 0.253 e. The van der Waals surface area contributed by atoms with Crippen molar-refractivity contribution in [2.45, 2.75) is 30.5 Å². The van der Waals surface area contributed by atoms with Crippen LogP contribution in [-0.4, -0.2) is 42.6 Å². The zero-order chi connectivity index (χ0) is 26.8. The van der Waals surface area contributed by atoms with Crippen molar-refractivity contribution in [2.75, 3.05) is 5.75 Å². The van der Waals surface area contributed by atoms with Crippen molar-refractivity contribution in [3.63, 3.8) is 0 Å². The molecule has 39 heavy (non-hydrogen) atoms. The number of para-hydroxylation sites is 1. The lowest BCUT2D eigenvalue weighted by Crippen LogP contribution is -2.33. The van der Waals surface area contributed by atoms with Gasteiger partial charge in [0.1, 0.15) is 11.6 Å². The summed E-state index contributed by atoms with van der Waals surface area (Å²) in [5.74, 6) is -0.773. The van der Waals surface area contributed by atoms with E-state index in [1.807, 2.05) is 36.4 Å². The number of aromatic nitrogens is 4. The molecule has 1 amide bonds. The maximum absolute atomic E-state index is 13.8. The Kier molecular flexibility index (Phi) is 7.02. The van der Waals surface area contributed by atoms with E-state index < -0.39 is 0 Å². The third kappa shape index (κ3) is 5.24. The molecule has 0 N–H and O–H groups in total. The number of amides is 1. The van der Waals surface area contributed by atoms with Crippen molar-refractivity contribution in [3.05, 3.63) is 107 Å². The number of fused-ring (bicyclic) bond motifs is 1. The van der Waals surface area contributed by atoms with Gasteiger partial charge in [0.2, 0.25) is 5.16 Å². The highest BCUT2D eigenvalue weighted by Crippen LogP contribution is 2.44. The topological polar surface area (TPSA) is 76.3 Å². The lowest BCUT2D eigenvalue weighted by atomic mass is 9.77. The highest BCUT2D eigenvalue weighted by atomic mass is 32.2. The normalized spacial score (nSPS) is 19.7. The molecule has 1 aliphatic carbocycles. The monoisotopic (exact) mass is 542 g/mol. The third-order valence-corrected chi connectivity index (χ3v) is 7.85. The SMILES string of the molecule is O=C(CSc1nnnn1-c1ccccc1)N1N=C2/C(=C\c3ccc(F)cc3)CCC[C@H]2[C@@H]1c1ccc(F)cc1. The van der Waals surface area contributed by atoms with Gasteiger partial charge in [-0.2, -0.15) is 9.78 Å². The van der Waals surface area contributed by atoms with Gasteiger partial charge in [-0.1, -0.05) is 54.2 Å². The number of rotatable bonds is 6. The van der Waals surface area contributed by atoms with Gasteiger partial charge in [0.05, 0.1) is 23.2 Å². The largest absolute Gasteiger partial charge is 0.272 e. The Balaban J connectivity index is 1.30. The molecule has 7 nitrogen and oxygen atoms in total. The van der Waals surface area contributed by atoms with Crippen LogP contribution in [-0.2, 0) is 4.79 Å². The van der Waals surface area contributed by atoms with E-state index in [-0.39, 0.29) is 35.3 Å². The van der Waals surface area contributed by atoms with Gasteiger partial charge in [-0.3, -0.25) is 4.79 Å². The van der Waals surface area contributed by atoms with E-state index >= 15 is 0 Å². The molecule has 10 heteroatoms. The highest BCUT2D eigenvalue weighted by molar-refractivity contribution is 7.99. The van der Waals surface area contributed by atoms with Crippen LogP contribution in [0.3, 0.4) is 0 Å². The number of thioether (sulfide) groups is 1. The summed E-state index contributed by atoms with van der Waals surface area (Å²) in [6.45, 7) is 0. The van der Waals surface area contributed by atoms with Crippen LogP contribution in [0.25, 0.3) is 11.8 Å². The summed E-state index contributed by atoms with van der Waals surface area (Å²) in [5, 5.41) is 18.8. The van der Waals surface area contributed by atoms with Crippen LogP contribution in [0.2, 0.25) is 0 Å². The summed E-state index contributed by atoms with van der Waals surface area (Å²) in [7, 11) is 0. The molecule has 0 unspecified atom stereocenters. The van der Waals surface area contributed by atoms with Crippen molar-refractivity contribution < 1.29 is 13.6 Å². The average Bonchev–Trinajstić information content (AvgIpc) is 3.60. The smallest absolute Gasteiger partial charge is 0.253 e. The van der Waals surface area contributed by atoms with Crippen LogP contribution in [0.1, 0.15) is 36.4 Å². The Morgan fingerprint density at radius 2 is 1.69 bits per heavy atom. The van der Waals surface area contributed by atoms with Crippen molar-refractivity contribution in [1.82, 2.24) is 25.2 Å². The van der Waals surface area contributed by atoms with Gasteiger partial charge in [-0.05, 0) is 88.9 Å². The third-order valence-electron chi connectivity index (χ3n) is 6.95. The number of carbonyl (C=O) groups is 1. The van der Waals surface area contributed by atoms with Gasteiger partial charge in [-0.25, -0.2) is 13.8 Å². The van der Waals surface area contributed by atoms with E-state index in [1.54, 1.807) is 34.0 Å². The zero-order valence-corrected chi connectivity index (χ0v) is 21.6. The van der Waals surface area contributed by atoms with Gasteiger partial charge < -0.3 is 0 Å². The van der Waals surface area contributed by atoms with E-state index in [0.717, 1.165) is 47.4 Å². The molecule has 2 aliphatic rings. The molecule has 0 bridgehead atoms. The van der Waals surface area contributed by atoms with E-state index in [4.69, 9.17) is 5.10 Å². The molecule has 0 radical (unpaired) electrons. The van der Waals surface area contributed by atoms with Crippen molar-refractivity contribution in [1.29, 1.82) is 0 Å². The number of allylic oxidation sites excluding steroid dienone is 1. The van der Waals surface area contributed by atoms with Gasteiger partial charge >= 0.3 is 0 Å². The van der Waals surface area contributed by atoms with Crippen molar-refractivity contribution in [3.8, 4) is 5.69 Å². The average molecular weight is 543 g/mol. The van der Waals surface area contributed by atoms with Gasteiger partial charge in [-0.15, -0.1) is 5.10 Å². The fourth-order valence-corrected chi connectivity index (χ4v) is 5.90. The predicted molar refractivity (Wildman–Crippen MR) is 145 cm³/mol. The summed E-state index contributed by atoms with van der Waals surface area (Å²) in [6.07, 6.45) is 4.61. The first-order valence-electron chi connectivity index (χ1n) is 12.7. The highest BCUT2D eigenvalue weighted by Gasteiger charge is 2.43. The first kappa shape index (κ1) is 25.1. The van der Waals surface area contributed by atoms with Gasteiger partial charge in [0.15, 0.2) is 0 Å².